The topological polar surface area (TPSA) is 46.6 Å². The molecule has 3 rings (SSSR count). The van der Waals surface area contributed by atoms with Crippen LogP contribution in [0.15, 0.2) is 29.2 Å². The van der Waals surface area contributed by atoms with E-state index in [4.69, 9.17) is 4.74 Å². The molecule has 158 valence electrons. The van der Waals surface area contributed by atoms with Gasteiger partial charge in [-0.3, -0.25) is 4.90 Å². The van der Waals surface area contributed by atoms with Crippen molar-refractivity contribution in [1.82, 2.24) is 4.90 Å². The molecule has 0 N–H and O–H groups in total. The minimum absolute atomic E-state index is 0.216. The van der Waals surface area contributed by atoms with Gasteiger partial charge in [-0.15, -0.1) is 0 Å². The SMILES string of the molecule is C[C@]1(C2CCN(CC(F)(F)F)CC2)C[C@H]1CCOc1ccc(S(C)(=O)=O)cc1. The lowest BCUT2D eigenvalue weighted by Gasteiger charge is -2.36. The lowest BCUT2D eigenvalue weighted by molar-refractivity contribution is -0.149. The summed E-state index contributed by atoms with van der Waals surface area (Å²) in [6.07, 6.45) is 0.730. The molecule has 1 aromatic rings. The average Bonchev–Trinajstić information content (AvgIpc) is 3.25. The molecule has 0 spiro atoms. The van der Waals surface area contributed by atoms with Crippen molar-refractivity contribution in [3.8, 4) is 5.75 Å². The number of rotatable bonds is 7. The number of benzene rings is 1. The maximum absolute atomic E-state index is 12.5. The first-order chi connectivity index (χ1) is 13.0. The highest BCUT2D eigenvalue weighted by Crippen LogP contribution is 2.61. The van der Waals surface area contributed by atoms with E-state index in [0.29, 0.717) is 37.3 Å². The molecule has 0 radical (unpaired) electrons. The van der Waals surface area contributed by atoms with Crippen molar-refractivity contribution in [2.24, 2.45) is 17.3 Å². The molecule has 2 aliphatic rings. The molecule has 1 aliphatic carbocycles. The zero-order chi connectivity index (χ0) is 20.6. The molecule has 28 heavy (non-hydrogen) atoms. The number of likely N-dealkylation sites (tertiary alicyclic amines) is 1. The van der Waals surface area contributed by atoms with Crippen molar-refractivity contribution in [2.45, 2.75) is 43.7 Å². The number of ether oxygens (including phenoxy) is 1. The van der Waals surface area contributed by atoms with Crippen molar-refractivity contribution in [3.63, 3.8) is 0 Å². The van der Waals surface area contributed by atoms with E-state index in [9.17, 15) is 21.6 Å². The second-order valence-corrected chi connectivity index (χ2v) is 10.5. The molecule has 0 amide bonds. The predicted molar refractivity (Wildman–Crippen MR) is 101 cm³/mol. The summed E-state index contributed by atoms with van der Waals surface area (Å²) in [5.74, 6) is 1.67. The minimum Gasteiger partial charge on any atom is -0.494 e. The molecule has 2 atom stereocenters. The van der Waals surface area contributed by atoms with Crippen LogP contribution < -0.4 is 4.74 Å². The van der Waals surface area contributed by atoms with E-state index < -0.39 is 22.6 Å². The van der Waals surface area contributed by atoms with Crippen LogP contribution in [0.1, 0.15) is 32.6 Å². The van der Waals surface area contributed by atoms with Gasteiger partial charge in [0.2, 0.25) is 0 Å². The quantitative estimate of drug-likeness (QED) is 0.666. The highest BCUT2D eigenvalue weighted by atomic mass is 32.2. The highest BCUT2D eigenvalue weighted by Gasteiger charge is 2.54. The fourth-order valence-electron chi connectivity index (χ4n) is 4.51. The molecular weight excluding hydrogens is 391 g/mol. The van der Waals surface area contributed by atoms with Gasteiger partial charge in [-0.05, 0) is 80.3 Å². The Morgan fingerprint density at radius 3 is 2.32 bits per heavy atom. The fraction of sp³-hybridized carbons (Fsp3) is 0.700. The van der Waals surface area contributed by atoms with Gasteiger partial charge in [-0.25, -0.2) is 8.42 Å². The van der Waals surface area contributed by atoms with Crippen molar-refractivity contribution >= 4 is 9.84 Å². The summed E-state index contributed by atoms with van der Waals surface area (Å²) in [6.45, 7) is 3.06. The van der Waals surface area contributed by atoms with E-state index in [1.807, 2.05) is 0 Å². The molecule has 2 fully saturated rings. The molecule has 1 heterocycles. The van der Waals surface area contributed by atoms with Crippen LogP contribution in [0.2, 0.25) is 0 Å². The van der Waals surface area contributed by atoms with Crippen LogP contribution in [0.25, 0.3) is 0 Å². The van der Waals surface area contributed by atoms with E-state index in [1.54, 1.807) is 24.3 Å². The van der Waals surface area contributed by atoms with Gasteiger partial charge in [0.1, 0.15) is 5.75 Å². The summed E-state index contributed by atoms with van der Waals surface area (Å²) in [6, 6.07) is 6.42. The Labute approximate surface area is 165 Å². The summed E-state index contributed by atoms with van der Waals surface area (Å²) in [5, 5.41) is 0. The smallest absolute Gasteiger partial charge is 0.401 e. The normalized spacial score (nSPS) is 27.0. The van der Waals surface area contributed by atoms with E-state index in [0.717, 1.165) is 25.7 Å². The van der Waals surface area contributed by atoms with Gasteiger partial charge in [0.15, 0.2) is 9.84 Å². The Morgan fingerprint density at radius 1 is 1.18 bits per heavy atom. The first-order valence-electron chi connectivity index (χ1n) is 9.69. The Hall–Kier alpha value is -1.28. The molecule has 0 unspecified atom stereocenters. The number of piperidine rings is 1. The van der Waals surface area contributed by atoms with Gasteiger partial charge in [-0.2, -0.15) is 13.2 Å². The molecule has 1 saturated heterocycles. The summed E-state index contributed by atoms with van der Waals surface area (Å²) in [5.41, 5.74) is 0.216. The van der Waals surface area contributed by atoms with E-state index in [2.05, 4.69) is 6.92 Å². The van der Waals surface area contributed by atoms with Crippen molar-refractivity contribution in [3.05, 3.63) is 24.3 Å². The van der Waals surface area contributed by atoms with E-state index in [1.165, 1.54) is 11.2 Å². The largest absolute Gasteiger partial charge is 0.494 e. The number of alkyl halides is 3. The van der Waals surface area contributed by atoms with Gasteiger partial charge >= 0.3 is 6.18 Å². The molecular formula is C20H28F3NO3S. The molecule has 0 aromatic heterocycles. The highest BCUT2D eigenvalue weighted by molar-refractivity contribution is 7.90. The van der Waals surface area contributed by atoms with Crippen LogP contribution >= 0.6 is 0 Å². The number of sulfone groups is 1. The third-order valence-corrected chi connectivity index (χ3v) is 7.50. The Balaban J connectivity index is 1.41. The van der Waals surface area contributed by atoms with Gasteiger partial charge < -0.3 is 4.74 Å². The van der Waals surface area contributed by atoms with E-state index in [-0.39, 0.29) is 10.3 Å². The van der Waals surface area contributed by atoms with Crippen LogP contribution in [0.4, 0.5) is 13.2 Å². The Kier molecular flexibility index (Phi) is 6.01. The lowest BCUT2D eigenvalue weighted by Crippen LogP contribution is -2.41. The lowest BCUT2D eigenvalue weighted by atomic mass is 9.81. The third kappa shape index (κ3) is 5.41. The number of hydrogen-bond donors (Lipinski definition) is 0. The van der Waals surface area contributed by atoms with Crippen molar-refractivity contribution in [2.75, 3.05) is 32.5 Å². The first-order valence-corrected chi connectivity index (χ1v) is 11.6. The van der Waals surface area contributed by atoms with Crippen LogP contribution in [0.3, 0.4) is 0 Å². The molecule has 1 saturated carbocycles. The molecule has 4 nitrogen and oxygen atoms in total. The fourth-order valence-corrected chi connectivity index (χ4v) is 5.14. The molecule has 0 bridgehead atoms. The summed E-state index contributed by atoms with van der Waals surface area (Å²) in [7, 11) is -3.21. The maximum atomic E-state index is 12.5. The van der Waals surface area contributed by atoms with Crippen LogP contribution in [0, 0.1) is 17.3 Å². The molecule has 1 aromatic carbocycles. The summed E-state index contributed by atoms with van der Waals surface area (Å²) in [4.78, 5) is 1.78. The van der Waals surface area contributed by atoms with E-state index >= 15 is 0 Å². The molecule has 8 heteroatoms. The van der Waals surface area contributed by atoms with Crippen LogP contribution in [-0.4, -0.2) is 52.0 Å². The van der Waals surface area contributed by atoms with Gasteiger partial charge in [0.05, 0.1) is 18.0 Å². The molecule has 1 aliphatic heterocycles. The number of halogens is 3. The monoisotopic (exact) mass is 419 g/mol. The van der Waals surface area contributed by atoms with Crippen molar-refractivity contribution < 1.29 is 26.3 Å². The summed E-state index contributed by atoms with van der Waals surface area (Å²) >= 11 is 0. The zero-order valence-electron chi connectivity index (χ0n) is 16.3. The van der Waals surface area contributed by atoms with Gasteiger partial charge in [0, 0.05) is 6.26 Å². The number of hydrogen-bond acceptors (Lipinski definition) is 4. The Bertz CT molecular complexity index is 771. The Morgan fingerprint density at radius 2 is 1.79 bits per heavy atom. The van der Waals surface area contributed by atoms with Gasteiger partial charge in [0.25, 0.3) is 0 Å². The van der Waals surface area contributed by atoms with Crippen LogP contribution in [-0.2, 0) is 9.84 Å². The minimum atomic E-state index is -4.12. The zero-order valence-corrected chi connectivity index (χ0v) is 17.2. The van der Waals surface area contributed by atoms with Crippen LogP contribution in [0.5, 0.6) is 5.75 Å². The third-order valence-electron chi connectivity index (χ3n) is 6.37. The second kappa shape index (κ2) is 7.86. The second-order valence-electron chi connectivity index (χ2n) is 8.45. The number of nitrogens with zero attached hydrogens (tertiary/aromatic N) is 1. The van der Waals surface area contributed by atoms with Crippen molar-refractivity contribution in [1.29, 1.82) is 0 Å². The maximum Gasteiger partial charge on any atom is 0.401 e. The average molecular weight is 420 g/mol. The summed E-state index contributed by atoms with van der Waals surface area (Å²) < 4.78 is 66.2. The van der Waals surface area contributed by atoms with Gasteiger partial charge in [-0.1, -0.05) is 6.92 Å². The predicted octanol–water partition coefficient (Wildman–Crippen LogP) is 4.16. The standard InChI is InChI=1S/C20H28F3NO3S/c1-19(15-7-10-24(11-8-15)14-20(21,22)23)13-16(19)9-12-27-17-3-5-18(6-4-17)28(2,25)26/h3-6,15-16H,7-14H2,1-2H3/t16-,19-/m1/s1. The first kappa shape index (κ1) is 21.4.